The molecule has 3 aromatic heterocycles. The van der Waals surface area contributed by atoms with Crippen LogP contribution in [0.15, 0.2) is 22.4 Å². The van der Waals surface area contributed by atoms with Crippen LogP contribution in [-0.4, -0.2) is 42.6 Å². The van der Waals surface area contributed by atoms with Crippen LogP contribution in [0.3, 0.4) is 0 Å². The van der Waals surface area contributed by atoms with Crippen molar-refractivity contribution in [3.8, 4) is 0 Å². The zero-order valence-electron chi connectivity index (χ0n) is 12.9. The first-order valence-corrected chi connectivity index (χ1v) is 8.64. The number of likely N-dealkylation sites (tertiary alicyclic amines) is 1. The maximum Gasteiger partial charge on any atom is 0.258 e. The second-order valence-electron chi connectivity index (χ2n) is 5.97. The van der Waals surface area contributed by atoms with Gasteiger partial charge < -0.3 is 0 Å². The number of hydrogen-bond acceptors (Lipinski definition) is 6. The van der Waals surface area contributed by atoms with Gasteiger partial charge in [0.2, 0.25) is 0 Å². The van der Waals surface area contributed by atoms with Gasteiger partial charge in [0.15, 0.2) is 10.8 Å². The van der Waals surface area contributed by atoms with Crippen LogP contribution in [0.1, 0.15) is 36.1 Å². The second kappa shape index (κ2) is 5.86. The van der Waals surface area contributed by atoms with Crippen molar-refractivity contribution < 1.29 is 0 Å². The fourth-order valence-electron chi connectivity index (χ4n) is 3.09. The van der Waals surface area contributed by atoms with Crippen molar-refractivity contribution >= 4 is 16.3 Å². The molecule has 0 amide bonds. The lowest BCUT2D eigenvalue weighted by Gasteiger charge is -2.30. The van der Waals surface area contributed by atoms with Gasteiger partial charge in [-0.25, -0.2) is 9.97 Å². The Balaban J connectivity index is 1.43. The molecule has 1 fully saturated rings. The maximum absolute atomic E-state index is 12.0. The summed E-state index contributed by atoms with van der Waals surface area (Å²) in [5, 5.41) is 9.08. The van der Waals surface area contributed by atoms with Gasteiger partial charge in [-0.2, -0.15) is 5.10 Å². The van der Waals surface area contributed by atoms with Crippen molar-refractivity contribution in [2.75, 3.05) is 13.1 Å². The van der Waals surface area contributed by atoms with Crippen LogP contribution in [-0.2, 0) is 6.54 Å². The highest BCUT2D eigenvalue weighted by Gasteiger charge is 2.23. The average Bonchev–Trinajstić information content (AvgIpc) is 3.17. The molecule has 1 N–H and O–H groups in total. The Morgan fingerprint density at radius 1 is 1.35 bits per heavy atom. The molecular formula is C15H18N6OS. The molecule has 0 atom stereocenters. The lowest BCUT2D eigenvalue weighted by molar-refractivity contribution is 0.200. The van der Waals surface area contributed by atoms with E-state index in [1.54, 1.807) is 16.7 Å². The third kappa shape index (κ3) is 2.91. The quantitative estimate of drug-likeness (QED) is 0.788. The monoisotopic (exact) mass is 330 g/mol. The van der Waals surface area contributed by atoms with Gasteiger partial charge in [0.1, 0.15) is 5.82 Å². The molecule has 1 aliphatic heterocycles. The SMILES string of the molecule is Cc1nc(C2CCN(Cc3cc(=O)n4ccsc4n3)CC2)n[nH]1. The van der Waals surface area contributed by atoms with E-state index < -0.39 is 0 Å². The van der Waals surface area contributed by atoms with Crippen molar-refractivity contribution in [3.05, 3.63) is 45.3 Å². The highest BCUT2D eigenvalue weighted by molar-refractivity contribution is 7.15. The van der Waals surface area contributed by atoms with Crippen molar-refractivity contribution in [2.45, 2.75) is 32.2 Å². The number of hydrogen-bond donors (Lipinski definition) is 1. The number of H-pyrrole nitrogens is 1. The molecule has 120 valence electrons. The predicted octanol–water partition coefficient (Wildman–Crippen LogP) is 1.56. The van der Waals surface area contributed by atoms with Crippen molar-refractivity contribution in [1.82, 2.24) is 29.5 Å². The normalized spacial score (nSPS) is 17.1. The van der Waals surface area contributed by atoms with Gasteiger partial charge in [-0.1, -0.05) is 0 Å². The molecule has 0 aromatic carbocycles. The molecule has 0 radical (unpaired) electrons. The van der Waals surface area contributed by atoms with Gasteiger partial charge in [0.05, 0.1) is 5.69 Å². The molecule has 1 aliphatic rings. The Hall–Kier alpha value is -2.06. The van der Waals surface area contributed by atoms with Gasteiger partial charge in [0, 0.05) is 30.1 Å². The molecule has 0 saturated carbocycles. The predicted molar refractivity (Wildman–Crippen MR) is 87.7 cm³/mol. The Morgan fingerprint density at radius 2 is 2.17 bits per heavy atom. The third-order valence-electron chi connectivity index (χ3n) is 4.31. The Kier molecular flexibility index (Phi) is 3.70. The first-order valence-electron chi connectivity index (χ1n) is 7.76. The molecule has 0 aliphatic carbocycles. The van der Waals surface area contributed by atoms with Gasteiger partial charge in [-0.05, 0) is 32.9 Å². The summed E-state index contributed by atoms with van der Waals surface area (Å²) in [5.41, 5.74) is 0.849. The summed E-state index contributed by atoms with van der Waals surface area (Å²) in [6, 6.07) is 1.64. The number of aromatic nitrogens is 5. The molecule has 4 heterocycles. The molecule has 4 rings (SSSR count). The van der Waals surface area contributed by atoms with E-state index in [-0.39, 0.29) is 5.56 Å². The fourth-order valence-corrected chi connectivity index (χ4v) is 3.83. The summed E-state index contributed by atoms with van der Waals surface area (Å²) in [6.45, 7) is 4.60. The zero-order chi connectivity index (χ0) is 15.8. The standard InChI is InChI=1S/C15H18N6OS/c1-10-16-14(19-18-10)11-2-4-20(5-3-11)9-12-8-13(22)21-6-7-23-15(21)17-12/h6-8,11H,2-5,9H2,1H3,(H,16,18,19). The summed E-state index contributed by atoms with van der Waals surface area (Å²) in [4.78, 5) is 24.2. The Labute approximate surface area is 137 Å². The summed E-state index contributed by atoms with van der Waals surface area (Å²) in [5.74, 6) is 2.23. The minimum Gasteiger partial charge on any atom is -0.297 e. The van der Waals surface area contributed by atoms with Gasteiger partial charge in [-0.3, -0.25) is 19.2 Å². The number of nitrogens with zero attached hydrogens (tertiary/aromatic N) is 5. The topological polar surface area (TPSA) is 79.2 Å². The van der Waals surface area contributed by atoms with Crippen LogP contribution in [0.25, 0.3) is 4.96 Å². The van der Waals surface area contributed by atoms with Crippen LogP contribution in [0.4, 0.5) is 0 Å². The minimum atomic E-state index is -0.00247. The van der Waals surface area contributed by atoms with Crippen LogP contribution in [0.5, 0.6) is 0 Å². The molecular weight excluding hydrogens is 312 g/mol. The second-order valence-corrected chi connectivity index (χ2v) is 6.84. The van der Waals surface area contributed by atoms with Gasteiger partial charge in [-0.15, -0.1) is 11.3 Å². The molecule has 3 aromatic rings. The largest absolute Gasteiger partial charge is 0.297 e. The van der Waals surface area contributed by atoms with Gasteiger partial charge in [0.25, 0.3) is 5.56 Å². The molecule has 1 saturated heterocycles. The molecule has 23 heavy (non-hydrogen) atoms. The van der Waals surface area contributed by atoms with E-state index in [0.717, 1.165) is 54.8 Å². The average molecular weight is 330 g/mol. The first-order chi connectivity index (χ1) is 11.2. The van der Waals surface area contributed by atoms with Crippen molar-refractivity contribution in [1.29, 1.82) is 0 Å². The molecule has 0 bridgehead atoms. The smallest absolute Gasteiger partial charge is 0.258 e. The van der Waals surface area contributed by atoms with Crippen LogP contribution in [0.2, 0.25) is 0 Å². The minimum absolute atomic E-state index is 0.00247. The number of thiazole rings is 1. The number of fused-ring (bicyclic) bond motifs is 1. The first kappa shape index (κ1) is 14.5. The van der Waals surface area contributed by atoms with E-state index in [1.807, 2.05) is 12.3 Å². The van der Waals surface area contributed by atoms with Crippen LogP contribution in [0, 0.1) is 6.92 Å². The highest BCUT2D eigenvalue weighted by atomic mass is 32.1. The summed E-state index contributed by atoms with van der Waals surface area (Å²) in [7, 11) is 0. The van der Waals surface area contributed by atoms with Crippen LogP contribution < -0.4 is 5.56 Å². The van der Waals surface area contributed by atoms with E-state index in [9.17, 15) is 4.79 Å². The molecule has 8 heteroatoms. The van der Waals surface area contributed by atoms with E-state index in [4.69, 9.17) is 0 Å². The highest BCUT2D eigenvalue weighted by Crippen LogP contribution is 2.26. The Bertz CT molecular complexity index is 873. The number of piperidine rings is 1. The lowest BCUT2D eigenvalue weighted by Crippen LogP contribution is -2.33. The zero-order valence-corrected chi connectivity index (χ0v) is 13.7. The van der Waals surface area contributed by atoms with E-state index in [0.29, 0.717) is 5.92 Å². The molecule has 0 unspecified atom stereocenters. The van der Waals surface area contributed by atoms with Crippen molar-refractivity contribution in [2.24, 2.45) is 0 Å². The lowest BCUT2D eigenvalue weighted by atomic mass is 9.96. The van der Waals surface area contributed by atoms with Gasteiger partial charge >= 0.3 is 0 Å². The number of aromatic amines is 1. The fraction of sp³-hybridized carbons (Fsp3) is 0.467. The van der Waals surface area contributed by atoms with E-state index in [1.165, 1.54) is 11.3 Å². The van der Waals surface area contributed by atoms with E-state index >= 15 is 0 Å². The summed E-state index contributed by atoms with van der Waals surface area (Å²) in [6.07, 6.45) is 3.85. The number of aryl methyl sites for hydroxylation is 1. The molecule has 0 spiro atoms. The summed E-state index contributed by atoms with van der Waals surface area (Å²) >= 11 is 1.49. The van der Waals surface area contributed by atoms with Crippen molar-refractivity contribution in [3.63, 3.8) is 0 Å². The maximum atomic E-state index is 12.0. The van der Waals surface area contributed by atoms with Crippen LogP contribution >= 0.6 is 11.3 Å². The third-order valence-corrected chi connectivity index (χ3v) is 5.07. The Morgan fingerprint density at radius 3 is 2.91 bits per heavy atom. The van der Waals surface area contributed by atoms with E-state index in [2.05, 4.69) is 25.1 Å². The summed E-state index contributed by atoms with van der Waals surface area (Å²) < 4.78 is 1.59. The molecule has 7 nitrogen and oxygen atoms in total. The number of rotatable bonds is 3. The number of nitrogens with one attached hydrogen (secondary N) is 1.